The Morgan fingerprint density at radius 3 is 2.55 bits per heavy atom. The average Bonchev–Trinajstić information content (AvgIpc) is 3.30. The van der Waals surface area contributed by atoms with Crippen molar-refractivity contribution in [3.63, 3.8) is 0 Å². The summed E-state index contributed by atoms with van der Waals surface area (Å²) in [7, 11) is 0. The lowest BCUT2D eigenvalue weighted by Gasteiger charge is -2.21. The molecule has 1 fully saturated rings. The fourth-order valence-corrected chi connectivity index (χ4v) is 3.88. The normalized spacial score (nSPS) is 14.5. The van der Waals surface area contributed by atoms with Crippen molar-refractivity contribution in [1.82, 2.24) is 15.5 Å². The molecule has 6 nitrogen and oxygen atoms in total. The van der Waals surface area contributed by atoms with Crippen molar-refractivity contribution in [1.29, 1.82) is 0 Å². The van der Waals surface area contributed by atoms with E-state index in [0.29, 0.717) is 36.6 Å². The molecule has 1 N–H and O–H groups in total. The average molecular weight is 420 g/mol. The number of aryl methyl sites for hydroxylation is 1. The summed E-state index contributed by atoms with van der Waals surface area (Å²) >= 11 is 0. The van der Waals surface area contributed by atoms with E-state index in [1.54, 1.807) is 12.1 Å². The number of carbonyl (C=O) groups excluding carboxylic acids is 1. The third kappa shape index (κ3) is 5.58. The molecular weight excluding hydrogens is 390 g/mol. The fraction of sp³-hybridized carbons (Fsp3) is 0.400. The van der Waals surface area contributed by atoms with Crippen molar-refractivity contribution in [2.45, 2.75) is 51.6 Å². The summed E-state index contributed by atoms with van der Waals surface area (Å²) in [6, 6.07) is 15.1. The molecule has 2 aromatic carbocycles. The van der Waals surface area contributed by atoms with Crippen molar-refractivity contribution < 1.29 is 13.9 Å². The first-order valence-electron chi connectivity index (χ1n) is 11.1. The number of hydrogen-bond donors (Lipinski definition) is 1. The molecule has 0 spiro atoms. The number of amides is 1. The predicted molar refractivity (Wildman–Crippen MR) is 120 cm³/mol. The van der Waals surface area contributed by atoms with Gasteiger partial charge in [0.25, 0.3) is 5.91 Å². The van der Waals surface area contributed by atoms with E-state index >= 15 is 0 Å². The molecule has 6 heteroatoms. The maximum atomic E-state index is 12.4. The van der Waals surface area contributed by atoms with E-state index in [1.807, 2.05) is 43.3 Å². The van der Waals surface area contributed by atoms with Crippen LogP contribution in [0, 0.1) is 6.92 Å². The highest BCUT2D eigenvalue weighted by molar-refractivity contribution is 5.94. The van der Waals surface area contributed by atoms with Crippen molar-refractivity contribution in [2.24, 2.45) is 0 Å². The van der Waals surface area contributed by atoms with Crippen LogP contribution in [-0.4, -0.2) is 35.4 Å². The first-order valence-corrected chi connectivity index (χ1v) is 11.1. The summed E-state index contributed by atoms with van der Waals surface area (Å²) in [5.41, 5.74) is 3.39. The quantitative estimate of drug-likeness (QED) is 0.509. The molecule has 31 heavy (non-hydrogen) atoms. The van der Waals surface area contributed by atoms with E-state index < -0.39 is 0 Å². The van der Waals surface area contributed by atoms with Crippen molar-refractivity contribution >= 4 is 5.91 Å². The molecule has 0 bridgehead atoms. The largest absolute Gasteiger partial charge is 0.416 e. The molecule has 4 rings (SSSR count). The van der Waals surface area contributed by atoms with Gasteiger partial charge < -0.3 is 14.5 Å². The van der Waals surface area contributed by atoms with Crippen LogP contribution in [0.2, 0.25) is 0 Å². The lowest BCUT2D eigenvalue weighted by molar-refractivity contribution is 0.0273. The molecule has 1 saturated carbocycles. The Hall–Kier alpha value is -2.99. The van der Waals surface area contributed by atoms with Crippen LogP contribution in [0.15, 0.2) is 52.9 Å². The highest BCUT2D eigenvalue weighted by Crippen LogP contribution is 2.26. The van der Waals surface area contributed by atoms with Crippen LogP contribution in [0.4, 0.5) is 0 Å². The van der Waals surface area contributed by atoms with Crippen LogP contribution < -0.4 is 5.32 Å². The van der Waals surface area contributed by atoms with Crippen LogP contribution in [0.5, 0.6) is 0 Å². The van der Waals surface area contributed by atoms with Gasteiger partial charge in [0.1, 0.15) is 0 Å². The lowest BCUT2D eigenvalue weighted by Crippen LogP contribution is -2.26. The van der Waals surface area contributed by atoms with Gasteiger partial charge in [0.05, 0.1) is 6.10 Å². The highest BCUT2D eigenvalue weighted by atomic mass is 16.5. The third-order valence-electron chi connectivity index (χ3n) is 5.71. The zero-order valence-electron chi connectivity index (χ0n) is 18.0. The first-order chi connectivity index (χ1) is 15.2. The second-order valence-corrected chi connectivity index (χ2v) is 8.04. The molecule has 0 radical (unpaired) electrons. The van der Waals surface area contributed by atoms with Crippen LogP contribution >= 0.6 is 0 Å². The van der Waals surface area contributed by atoms with E-state index in [1.165, 1.54) is 32.1 Å². The Bertz CT molecular complexity index is 991. The van der Waals surface area contributed by atoms with Gasteiger partial charge in [-0.05, 0) is 62.1 Å². The Morgan fingerprint density at radius 2 is 1.77 bits per heavy atom. The molecule has 1 aliphatic carbocycles. The lowest BCUT2D eigenvalue weighted by atomic mass is 9.98. The Balaban J connectivity index is 1.27. The number of carbonyl (C=O) groups is 1. The standard InChI is InChI=1S/C25H29N3O3/c1-18-8-5-6-11-22(18)25-28-27-24(31-25)20-14-12-19(13-15-20)23(29)26-16-7-17-30-21-9-3-2-4-10-21/h5-6,8,11-15,21H,2-4,7,9-10,16-17H2,1H3,(H,26,29). The number of nitrogens with zero attached hydrogens (tertiary/aromatic N) is 2. The molecule has 1 aromatic heterocycles. The molecule has 0 atom stereocenters. The predicted octanol–water partition coefficient (Wildman–Crippen LogP) is 5.18. The molecule has 0 aliphatic heterocycles. The van der Waals surface area contributed by atoms with E-state index in [2.05, 4.69) is 15.5 Å². The molecule has 0 saturated heterocycles. The van der Waals surface area contributed by atoms with Crippen LogP contribution in [-0.2, 0) is 4.74 Å². The number of hydrogen-bond acceptors (Lipinski definition) is 5. The summed E-state index contributed by atoms with van der Waals surface area (Å²) in [4.78, 5) is 12.4. The summed E-state index contributed by atoms with van der Waals surface area (Å²) < 4.78 is 11.7. The Kier molecular flexibility index (Phi) is 7.10. The number of ether oxygens (including phenoxy) is 1. The number of nitrogens with one attached hydrogen (secondary N) is 1. The number of rotatable bonds is 8. The van der Waals surface area contributed by atoms with Gasteiger partial charge in [-0.1, -0.05) is 37.5 Å². The minimum absolute atomic E-state index is 0.0876. The zero-order chi connectivity index (χ0) is 21.5. The van der Waals surface area contributed by atoms with Crippen LogP contribution in [0.25, 0.3) is 22.9 Å². The van der Waals surface area contributed by atoms with Gasteiger partial charge >= 0.3 is 0 Å². The van der Waals surface area contributed by atoms with Gasteiger partial charge in [0, 0.05) is 29.8 Å². The molecule has 1 amide bonds. The van der Waals surface area contributed by atoms with E-state index in [-0.39, 0.29) is 5.91 Å². The zero-order valence-corrected chi connectivity index (χ0v) is 18.0. The van der Waals surface area contributed by atoms with Gasteiger partial charge in [-0.25, -0.2) is 0 Å². The number of benzene rings is 2. The van der Waals surface area contributed by atoms with E-state index in [9.17, 15) is 4.79 Å². The van der Waals surface area contributed by atoms with Gasteiger partial charge in [-0.2, -0.15) is 0 Å². The summed E-state index contributed by atoms with van der Waals surface area (Å²) in [6.45, 7) is 3.32. The highest BCUT2D eigenvalue weighted by Gasteiger charge is 2.14. The molecule has 162 valence electrons. The van der Waals surface area contributed by atoms with Crippen molar-refractivity contribution in [3.8, 4) is 22.9 Å². The van der Waals surface area contributed by atoms with E-state index in [0.717, 1.165) is 23.1 Å². The van der Waals surface area contributed by atoms with Crippen molar-refractivity contribution in [2.75, 3.05) is 13.2 Å². The third-order valence-corrected chi connectivity index (χ3v) is 5.71. The summed E-state index contributed by atoms with van der Waals surface area (Å²) in [6.07, 6.45) is 7.45. The monoisotopic (exact) mass is 419 g/mol. The van der Waals surface area contributed by atoms with Gasteiger partial charge in [0.15, 0.2) is 0 Å². The van der Waals surface area contributed by atoms with Crippen LogP contribution in [0.3, 0.4) is 0 Å². The number of aromatic nitrogens is 2. The Morgan fingerprint density at radius 1 is 1.03 bits per heavy atom. The van der Waals surface area contributed by atoms with Crippen LogP contribution in [0.1, 0.15) is 54.4 Å². The maximum absolute atomic E-state index is 12.4. The van der Waals surface area contributed by atoms with Gasteiger partial charge in [0.2, 0.25) is 11.8 Å². The molecule has 0 unspecified atom stereocenters. The molecule has 1 heterocycles. The summed E-state index contributed by atoms with van der Waals surface area (Å²) in [5.74, 6) is 0.839. The summed E-state index contributed by atoms with van der Waals surface area (Å²) in [5, 5.41) is 11.3. The first kappa shape index (κ1) is 21.2. The topological polar surface area (TPSA) is 77.2 Å². The molecule has 1 aliphatic rings. The minimum atomic E-state index is -0.0876. The Labute approximate surface area is 183 Å². The molecule has 3 aromatic rings. The SMILES string of the molecule is Cc1ccccc1-c1nnc(-c2ccc(C(=O)NCCCOC3CCCCC3)cc2)o1. The van der Waals surface area contributed by atoms with Gasteiger partial charge in [-0.15, -0.1) is 10.2 Å². The molecular formula is C25H29N3O3. The second kappa shape index (κ2) is 10.4. The maximum Gasteiger partial charge on any atom is 0.251 e. The minimum Gasteiger partial charge on any atom is -0.416 e. The fourth-order valence-electron chi connectivity index (χ4n) is 3.88. The second-order valence-electron chi connectivity index (χ2n) is 8.04. The van der Waals surface area contributed by atoms with Gasteiger partial charge in [-0.3, -0.25) is 4.79 Å². The smallest absolute Gasteiger partial charge is 0.251 e. The van der Waals surface area contributed by atoms with E-state index in [4.69, 9.17) is 9.15 Å². The van der Waals surface area contributed by atoms with Crippen molar-refractivity contribution in [3.05, 3.63) is 59.7 Å².